The van der Waals surface area contributed by atoms with Gasteiger partial charge in [-0.3, -0.25) is 4.79 Å². The van der Waals surface area contributed by atoms with Gasteiger partial charge >= 0.3 is 6.18 Å². The number of aromatic amines is 1. The number of H-pyrrole nitrogens is 1. The van der Waals surface area contributed by atoms with Crippen molar-refractivity contribution < 1.29 is 13.2 Å². The Balaban J connectivity index is 3.33. The normalized spacial score (nSPS) is 11.7. The highest BCUT2D eigenvalue weighted by atomic mass is 19.4. The third-order valence-corrected chi connectivity index (χ3v) is 1.18. The van der Waals surface area contributed by atoms with Crippen molar-refractivity contribution >= 4 is 0 Å². The van der Waals surface area contributed by atoms with Gasteiger partial charge in [0.15, 0.2) is 0 Å². The van der Waals surface area contributed by atoms with Gasteiger partial charge in [0, 0.05) is 6.20 Å². The van der Waals surface area contributed by atoms with Crippen LogP contribution in [0.5, 0.6) is 0 Å². The standard InChI is InChI=1S/C6H5F3N2O/c1-3-2-10-5(12)4(11-3)6(7,8)9/h2H,1H3,(H,10,12). The molecule has 0 fully saturated rings. The maximum Gasteiger partial charge on any atom is 0.438 e. The Hall–Kier alpha value is -1.33. The smallest absolute Gasteiger partial charge is 0.325 e. The first kappa shape index (κ1) is 8.76. The molecule has 0 bridgehead atoms. The maximum atomic E-state index is 11.9. The van der Waals surface area contributed by atoms with E-state index in [0.717, 1.165) is 6.20 Å². The molecule has 1 aromatic heterocycles. The Labute approximate surface area is 65.3 Å². The topological polar surface area (TPSA) is 45.8 Å². The highest BCUT2D eigenvalue weighted by Gasteiger charge is 2.35. The van der Waals surface area contributed by atoms with E-state index in [1.54, 1.807) is 0 Å². The number of nitrogens with zero attached hydrogens (tertiary/aromatic N) is 1. The van der Waals surface area contributed by atoms with E-state index in [9.17, 15) is 18.0 Å². The van der Waals surface area contributed by atoms with Gasteiger partial charge in [-0.15, -0.1) is 0 Å². The fourth-order valence-corrected chi connectivity index (χ4v) is 0.690. The summed E-state index contributed by atoms with van der Waals surface area (Å²) in [5, 5.41) is 0. The van der Waals surface area contributed by atoms with E-state index in [-0.39, 0.29) is 5.69 Å². The lowest BCUT2D eigenvalue weighted by molar-refractivity contribution is -0.142. The largest absolute Gasteiger partial charge is 0.438 e. The number of aromatic nitrogens is 2. The summed E-state index contributed by atoms with van der Waals surface area (Å²) in [5.74, 6) is 0. The van der Waals surface area contributed by atoms with Crippen LogP contribution in [-0.2, 0) is 6.18 Å². The molecule has 0 aliphatic heterocycles. The van der Waals surface area contributed by atoms with Gasteiger partial charge in [-0.05, 0) is 6.92 Å². The van der Waals surface area contributed by atoms with E-state index in [1.165, 1.54) is 6.92 Å². The molecule has 1 aromatic rings. The Morgan fingerprint density at radius 2 is 2.08 bits per heavy atom. The van der Waals surface area contributed by atoms with Crippen LogP contribution in [0.3, 0.4) is 0 Å². The lowest BCUT2D eigenvalue weighted by Gasteiger charge is -2.03. The van der Waals surface area contributed by atoms with Gasteiger partial charge in [-0.2, -0.15) is 13.2 Å². The molecule has 12 heavy (non-hydrogen) atoms. The Bertz CT molecular complexity index is 341. The molecule has 0 saturated heterocycles. The molecule has 0 spiro atoms. The zero-order chi connectivity index (χ0) is 9.35. The van der Waals surface area contributed by atoms with Gasteiger partial charge in [0.2, 0.25) is 5.69 Å². The first-order valence-electron chi connectivity index (χ1n) is 3.05. The predicted molar refractivity (Wildman–Crippen MR) is 34.6 cm³/mol. The fourth-order valence-electron chi connectivity index (χ4n) is 0.690. The van der Waals surface area contributed by atoms with Crippen LogP contribution in [-0.4, -0.2) is 9.97 Å². The molecule has 0 atom stereocenters. The zero-order valence-corrected chi connectivity index (χ0v) is 6.07. The van der Waals surface area contributed by atoms with Crippen LogP contribution < -0.4 is 5.56 Å². The number of hydrogen-bond donors (Lipinski definition) is 1. The second kappa shape index (κ2) is 2.62. The molecule has 0 radical (unpaired) electrons. The summed E-state index contributed by atoms with van der Waals surface area (Å²) in [5.41, 5.74) is -2.49. The van der Waals surface area contributed by atoms with Gasteiger partial charge in [0.25, 0.3) is 5.56 Å². The van der Waals surface area contributed by atoms with Crippen molar-refractivity contribution in [3.8, 4) is 0 Å². The van der Waals surface area contributed by atoms with Crippen LogP contribution in [0.4, 0.5) is 13.2 Å². The Morgan fingerprint density at radius 1 is 1.50 bits per heavy atom. The predicted octanol–water partition coefficient (Wildman–Crippen LogP) is 1.10. The summed E-state index contributed by atoms with van der Waals surface area (Å²) >= 11 is 0. The van der Waals surface area contributed by atoms with E-state index in [4.69, 9.17) is 0 Å². The minimum Gasteiger partial charge on any atom is -0.325 e. The van der Waals surface area contributed by atoms with Gasteiger partial charge in [0.05, 0.1) is 5.69 Å². The second-order valence-corrected chi connectivity index (χ2v) is 2.22. The number of aryl methyl sites for hydroxylation is 1. The van der Waals surface area contributed by atoms with Crippen LogP contribution in [0.15, 0.2) is 11.0 Å². The number of halogens is 3. The monoisotopic (exact) mass is 178 g/mol. The molecule has 0 aliphatic carbocycles. The van der Waals surface area contributed by atoms with Crippen molar-refractivity contribution in [3.63, 3.8) is 0 Å². The van der Waals surface area contributed by atoms with Crippen molar-refractivity contribution in [1.82, 2.24) is 9.97 Å². The van der Waals surface area contributed by atoms with E-state index in [0.29, 0.717) is 0 Å². The molecule has 1 rings (SSSR count). The number of alkyl halides is 3. The maximum absolute atomic E-state index is 11.9. The minimum atomic E-state index is -4.68. The van der Waals surface area contributed by atoms with Gasteiger partial charge in [0.1, 0.15) is 0 Å². The summed E-state index contributed by atoms with van der Waals surface area (Å²) in [7, 11) is 0. The van der Waals surface area contributed by atoms with E-state index < -0.39 is 17.4 Å². The van der Waals surface area contributed by atoms with Crippen LogP contribution in [0.2, 0.25) is 0 Å². The first-order chi connectivity index (χ1) is 5.41. The molecule has 3 nitrogen and oxygen atoms in total. The molecule has 1 N–H and O–H groups in total. The van der Waals surface area contributed by atoms with Crippen molar-refractivity contribution in [1.29, 1.82) is 0 Å². The van der Waals surface area contributed by atoms with Crippen molar-refractivity contribution in [2.24, 2.45) is 0 Å². The van der Waals surface area contributed by atoms with E-state index in [2.05, 4.69) is 4.98 Å². The SMILES string of the molecule is Cc1c[nH]c(=O)c(C(F)(F)F)n1. The van der Waals surface area contributed by atoms with Crippen LogP contribution >= 0.6 is 0 Å². The number of nitrogens with one attached hydrogen (secondary N) is 1. The quantitative estimate of drug-likeness (QED) is 0.646. The van der Waals surface area contributed by atoms with E-state index in [1.807, 2.05) is 4.98 Å². The van der Waals surface area contributed by atoms with Crippen LogP contribution in [0.1, 0.15) is 11.4 Å². The van der Waals surface area contributed by atoms with Gasteiger partial charge < -0.3 is 4.98 Å². The second-order valence-electron chi connectivity index (χ2n) is 2.22. The molecule has 66 valence electrons. The molecular weight excluding hydrogens is 173 g/mol. The summed E-state index contributed by atoms with van der Waals surface area (Å²) in [4.78, 5) is 15.6. The first-order valence-corrected chi connectivity index (χ1v) is 3.05. The summed E-state index contributed by atoms with van der Waals surface area (Å²) in [6, 6.07) is 0. The molecule has 0 saturated carbocycles. The van der Waals surface area contributed by atoms with Crippen LogP contribution in [0.25, 0.3) is 0 Å². The average Bonchev–Trinajstić information content (AvgIpc) is 1.92. The Kier molecular flexibility index (Phi) is 1.91. The van der Waals surface area contributed by atoms with Gasteiger partial charge in [-0.1, -0.05) is 0 Å². The van der Waals surface area contributed by atoms with Crippen LogP contribution in [0, 0.1) is 6.92 Å². The van der Waals surface area contributed by atoms with E-state index >= 15 is 0 Å². The lowest BCUT2D eigenvalue weighted by atomic mass is 10.4. The molecule has 0 amide bonds. The fraction of sp³-hybridized carbons (Fsp3) is 0.333. The summed E-state index contributed by atoms with van der Waals surface area (Å²) < 4.78 is 35.8. The van der Waals surface area contributed by atoms with Crippen molar-refractivity contribution in [3.05, 3.63) is 27.9 Å². The summed E-state index contributed by atoms with van der Waals surface area (Å²) in [6.45, 7) is 1.37. The third-order valence-electron chi connectivity index (χ3n) is 1.18. The number of hydrogen-bond acceptors (Lipinski definition) is 2. The average molecular weight is 178 g/mol. The molecule has 0 unspecified atom stereocenters. The molecular formula is C6H5F3N2O. The Morgan fingerprint density at radius 3 is 2.50 bits per heavy atom. The van der Waals surface area contributed by atoms with Crippen molar-refractivity contribution in [2.45, 2.75) is 13.1 Å². The summed E-state index contributed by atoms with van der Waals surface area (Å²) in [6.07, 6.45) is -3.56. The lowest BCUT2D eigenvalue weighted by Crippen LogP contribution is -2.23. The van der Waals surface area contributed by atoms with Crippen molar-refractivity contribution in [2.75, 3.05) is 0 Å². The molecule has 0 aromatic carbocycles. The molecule has 6 heteroatoms. The zero-order valence-electron chi connectivity index (χ0n) is 6.07. The molecule has 0 aliphatic rings. The highest BCUT2D eigenvalue weighted by Crippen LogP contribution is 2.24. The minimum absolute atomic E-state index is 0.127. The van der Waals surface area contributed by atoms with Gasteiger partial charge in [-0.25, -0.2) is 4.98 Å². The number of rotatable bonds is 0. The third kappa shape index (κ3) is 1.63. The highest BCUT2D eigenvalue weighted by molar-refractivity contribution is 5.05. The molecule has 1 heterocycles.